The second-order valence-electron chi connectivity index (χ2n) is 29.5. The molecule has 0 spiro atoms. The zero-order chi connectivity index (χ0) is 86.7. The van der Waals surface area contributed by atoms with Gasteiger partial charge in [-0.15, -0.1) is 0 Å². The first-order valence-corrected chi connectivity index (χ1v) is 44.1. The molecule has 3 fully saturated rings. The SMILES string of the molecule is COCCN(CCOP(=O)(O)OCCN(COP(=O)(O)OCCN(CCO)C(=O)CCCCCCC(=O)CCCCCOC1OC(CO)C(O)C(O)C1NC(C)=O)C(=O)CCCCCCC(=O)CCCCCOC1OC(CO)C(O)C(O)C1NC(C)=O)C(=O)CCCCCCC(=O)CCCCCOC1OC(CO)C(O)C(O)C1NC(C)=O. The second-order valence-corrected chi connectivity index (χ2v) is 32.4. The zero-order valence-electron chi connectivity index (χ0n) is 68.5. The van der Waals surface area contributed by atoms with Crippen molar-refractivity contribution >= 4 is 68.4 Å². The molecule has 3 saturated heterocycles. The van der Waals surface area contributed by atoms with Gasteiger partial charge in [0, 0.05) is 138 Å². The van der Waals surface area contributed by atoms with Crippen molar-refractivity contribution in [3.63, 3.8) is 0 Å². The van der Waals surface area contributed by atoms with Gasteiger partial charge in [0.15, 0.2) is 18.9 Å². The van der Waals surface area contributed by atoms with Gasteiger partial charge in [0.2, 0.25) is 35.4 Å². The predicted octanol–water partition coefficient (Wildman–Crippen LogP) is 0.627. The Kier molecular flexibility index (Phi) is 55.4. The fourth-order valence-corrected chi connectivity index (χ4v) is 14.6. The summed E-state index contributed by atoms with van der Waals surface area (Å²) < 4.78 is 86.4. The molecule has 17 unspecified atom stereocenters. The van der Waals surface area contributed by atoms with Gasteiger partial charge in [0.25, 0.3) is 0 Å². The van der Waals surface area contributed by atoms with Gasteiger partial charge in [0.05, 0.1) is 52.9 Å². The number of nitrogens with one attached hydrogen (secondary N) is 3. The maximum atomic E-state index is 13.7. The van der Waals surface area contributed by atoms with Crippen LogP contribution in [0.2, 0.25) is 0 Å². The number of aliphatic hydroxyl groups excluding tert-OH is 10. The Hall–Kier alpha value is -4.63. The van der Waals surface area contributed by atoms with Crippen molar-refractivity contribution in [1.82, 2.24) is 30.7 Å². The number of ketones is 3. The molecule has 3 heterocycles. The Balaban J connectivity index is 1.45. The van der Waals surface area contributed by atoms with Gasteiger partial charge in [-0.3, -0.25) is 61.2 Å². The summed E-state index contributed by atoms with van der Waals surface area (Å²) in [5.74, 6) is -2.54. The zero-order valence-corrected chi connectivity index (χ0v) is 70.3. The first-order valence-electron chi connectivity index (χ1n) is 41.1. The highest BCUT2D eigenvalue weighted by Crippen LogP contribution is 2.44. The molecule has 0 aromatic heterocycles. The maximum Gasteiger partial charge on any atom is 0.473 e. The van der Waals surface area contributed by atoms with Crippen molar-refractivity contribution in [2.24, 2.45) is 0 Å². The van der Waals surface area contributed by atoms with Gasteiger partial charge in [-0.25, -0.2) is 9.13 Å². The van der Waals surface area contributed by atoms with E-state index in [1.54, 1.807) is 0 Å². The Morgan fingerprint density at radius 1 is 0.333 bits per heavy atom. The monoisotopic (exact) mass is 1730 g/mol. The Bertz CT molecular complexity index is 2960. The van der Waals surface area contributed by atoms with Crippen molar-refractivity contribution in [2.75, 3.05) is 119 Å². The van der Waals surface area contributed by atoms with Crippen molar-refractivity contribution < 1.29 is 164 Å². The minimum Gasteiger partial charge on any atom is -0.395 e. The van der Waals surface area contributed by atoms with E-state index >= 15 is 0 Å². The third-order valence-electron chi connectivity index (χ3n) is 19.9. The van der Waals surface area contributed by atoms with E-state index in [0.717, 1.165) is 4.90 Å². The number of amides is 6. The summed E-state index contributed by atoms with van der Waals surface area (Å²) in [6.07, 6.45) is -1.52. The van der Waals surface area contributed by atoms with E-state index in [-0.39, 0.29) is 107 Å². The average molecular weight is 1730 g/mol. The molecular formula is C75H136N6O34P2. The van der Waals surface area contributed by atoms with Crippen LogP contribution in [0.1, 0.15) is 213 Å². The lowest BCUT2D eigenvalue weighted by molar-refractivity contribution is -0.270. The van der Waals surface area contributed by atoms with Crippen LogP contribution in [0.3, 0.4) is 0 Å². The lowest BCUT2D eigenvalue weighted by atomic mass is 9.97. The van der Waals surface area contributed by atoms with E-state index in [9.17, 15) is 113 Å². The summed E-state index contributed by atoms with van der Waals surface area (Å²) in [5, 5.41) is 108. The summed E-state index contributed by atoms with van der Waals surface area (Å²) in [6.45, 7) is -1.14. The van der Waals surface area contributed by atoms with Gasteiger partial charge in [-0.2, -0.15) is 0 Å². The molecule has 3 aliphatic heterocycles. The van der Waals surface area contributed by atoms with E-state index in [1.807, 2.05) is 0 Å². The second kappa shape index (κ2) is 60.8. The molecule has 117 heavy (non-hydrogen) atoms. The Morgan fingerprint density at radius 2 is 0.590 bits per heavy atom. The summed E-state index contributed by atoms with van der Waals surface area (Å²) >= 11 is 0. The number of ether oxygens (including phenoxy) is 7. The van der Waals surface area contributed by atoms with Crippen LogP contribution in [0.5, 0.6) is 0 Å². The highest BCUT2D eigenvalue weighted by atomic mass is 31.2. The number of unbranched alkanes of at least 4 members (excludes halogenated alkanes) is 15. The standard InChI is InChI=1S/C75H136N6O34P2/c1-52(86)76-64-70(98)67(95)58(48-83)113-73(64)106-41-23-11-17-29-55(89)26-14-5-8-20-32-61(92)79(35-40-82)37-45-111-117(103,104)112-51-81(63(94)34-22-10-7-16-28-57(91)31-19-13-25-43-108-75-66(78-54(3)88)72(100)69(97)60(50-85)115-75)39-47-110-116(101,102)109-46-38-80(36-44-105-4)62(93)33-21-9-6-15-27-56(90)30-18-12-24-42-107-74-65(77-53(2)87)71(99)68(96)59(49-84)114-74/h58-60,64-75,82-85,95-100H,5-51H2,1-4H3,(H,76,86)(H,77,87)(H,78,88)(H,101,102)(H,103,104). The van der Waals surface area contributed by atoms with Crippen molar-refractivity contribution in [3.8, 4) is 0 Å². The van der Waals surface area contributed by atoms with Gasteiger partial charge in [-0.1, -0.05) is 57.8 Å². The van der Waals surface area contributed by atoms with Crippen LogP contribution in [0.25, 0.3) is 0 Å². The number of phosphoric ester groups is 2. The molecule has 17 atom stereocenters. The third kappa shape index (κ3) is 44.3. The summed E-state index contributed by atoms with van der Waals surface area (Å²) in [5.41, 5.74) is 0. The minimum atomic E-state index is -4.98. The Morgan fingerprint density at radius 3 is 0.872 bits per heavy atom. The number of aliphatic hydroxyl groups is 10. The van der Waals surface area contributed by atoms with Gasteiger partial charge in [-0.05, 0) is 77.0 Å². The van der Waals surface area contributed by atoms with E-state index in [1.165, 1.54) is 37.7 Å². The molecule has 6 amide bonds. The van der Waals surface area contributed by atoms with Crippen LogP contribution in [0.4, 0.5) is 0 Å². The summed E-state index contributed by atoms with van der Waals surface area (Å²) in [7, 11) is -8.41. The molecule has 0 aliphatic carbocycles. The lowest BCUT2D eigenvalue weighted by Crippen LogP contribution is -2.64. The maximum absolute atomic E-state index is 13.7. The van der Waals surface area contributed by atoms with E-state index in [4.69, 9.17) is 51.3 Å². The number of carbonyl (C=O) groups is 9. The molecule has 0 radical (unpaired) electrons. The van der Waals surface area contributed by atoms with Crippen molar-refractivity contribution in [2.45, 2.75) is 305 Å². The number of hydrogen-bond acceptors (Lipinski definition) is 32. The van der Waals surface area contributed by atoms with Gasteiger partial charge < -0.3 is 125 Å². The number of phosphoric acid groups is 2. The molecule has 0 aromatic carbocycles. The number of carbonyl (C=O) groups excluding carboxylic acids is 9. The minimum absolute atomic E-state index is 0.0170. The molecule has 42 heteroatoms. The topological polar surface area (TPSA) is 578 Å². The summed E-state index contributed by atoms with van der Waals surface area (Å²) in [6, 6.07) is -3.18. The molecule has 15 N–H and O–H groups in total. The normalized spacial score (nSPS) is 24.4. The average Bonchev–Trinajstić information content (AvgIpc) is 0.818. The largest absolute Gasteiger partial charge is 0.473 e. The first-order chi connectivity index (χ1) is 55.8. The van der Waals surface area contributed by atoms with Gasteiger partial charge in [0.1, 0.15) is 97.1 Å². The quantitative estimate of drug-likeness (QED) is 0.0225. The third-order valence-corrected chi connectivity index (χ3v) is 21.9. The lowest BCUT2D eigenvalue weighted by Gasteiger charge is -2.42. The highest BCUT2D eigenvalue weighted by Gasteiger charge is 2.48. The molecule has 0 aromatic rings. The van der Waals surface area contributed by atoms with Crippen LogP contribution in [-0.2, 0) is 104 Å². The van der Waals surface area contributed by atoms with E-state index in [0.29, 0.717) is 167 Å². The fraction of sp³-hybridized carbons (Fsp3) is 0.880. The Labute approximate surface area is 685 Å². The molecule has 3 aliphatic rings. The van der Waals surface area contributed by atoms with Crippen LogP contribution < -0.4 is 16.0 Å². The smallest absolute Gasteiger partial charge is 0.395 e. The van der Waals surface area contributed by atoms with Gasteiger partial charge >= 0.3 is 15.6 Å². The van der Waals surface area contributed by atoms with Crippen molar-refractivity contribution in [1.29, 1.82) is 0 Å². The number of methoxy groups -OCH3 is 1. The molecule has 0 saturated carbocycles. The van der Waals surface area contributed by atoms with Crippen LogP contribution in [-0.4, -0.2) is 340 Å². The number of Topliss-reactive ketones (excluding diaryl/α,β-unsaturated/α-hetero) is 3. The molecule has 0 bridgehead atoms. The number of hydrogen-bond donors (Lipinski definition) is 15. The molecule has 3 rings (SSSR count). The molecule has 680 valence electrons. The van der Waals surface area contributed by atoms with Crippen LogP contribution in [0, 0.1) is 0 Å². The van der Waals surface area contributed by atoms with E-state index < -0.39 is 191 Å². The summed E-state index contributed by atoms with van der Waals surface area (Å²) in [4.78, 5) is 139. The van der Waals surface area contributed by atoms with Crippen LogP contribution >= 0.6 is 15.6 Å². The fourth-order valence-electron chi connectivity index (χ4n) is 13.3. The molecule has 40 nitrogen and oxygen atoms in total. The molecular weight excluding hydrogens is 1590 g/mol. The highest BCUT2D eigenvalue weighted by molar-refractivity contribution is 7.47. The predicted molar refractivity (Wildman–Crippen MR) is 415 cm³/mol. The number of rotatable bonds is 68. The van der Waals surface area contributed by atoms with E-state index in [2.05, 4.69) is 16.0 Å². The number of nitrogens with zero attached hydrogens (tertiary/aromatic N) is 3. The van der Waals surface area contributed by atoms with Crippen LogP contribution in [0.15, 0.2) is 0 Å². The first kappa shape index (κ1) is 107. The van der Waals surface area contributed by atoms with Crippen molar-refractivity contribution in [3.05, 3.63) is 0 Å².